The SMILES string of the molecule is CC(C)c1cccc2c1CC(=O)NC2.CC(C)c1cccc2c1CCCC2. The van der Waals surface area contributed by atoms with E-state index in [4.69, 9.17) is 0 Å². The lowest BCUT2D eigenvalue weighted by Gasteiger charge is -2.21. The van der Waals surface area contributed by atoms with Gasteiger partial charge in [-0.25, -0.2) is 0 Å². The van der Waals surface area contributed by atoms with Crippen LogP contribution in [-0.4, -0.2) is 5.91 Å². The fraction of sp³-hybridized carbons (Fsp3) is 0.480. The fourth-order valence-corrected chi connectivity index (χ4v) is 4.35. The van der Waals surface area contributed by atoms with Crippen LogP contribution >= 0.6 is 0 Å². The first kappa shape index (κ1) is 19.7. The number of nitrogens with one attached hydrogen (secondary N) is 1. The lowest BCUT2D eigenvalue weighted by molar-refractivity contribution is -0.121. The Kier molecular flexibility index (Phi) is 6.36. The maximum absolute atomic E-state index is 11.3. The molecule has 2 aliphatic rings. The molecule has 0 fully saturated rings. The van der Waals surface area contributed by atoms with Crippen molar-refractivity contribution in [3.8, 4) is 0 Å². The highest BCUT2D eigenvalue weighted by Crippen LogP contribution is 2.28. The monoisotopic (exact) mass is 363 g/mol. The van der Waals surface area contributed by atoms with Crippen molar-refractivity contribution in [2.24, 2.45) is 0 Å². The normalized spacial score (nSPS) is 15.6. The molecule has 1 amide bonds. The van der Waals surface area contributed by atoms with Crippen molar-refractivity contribution in [3.63, 3.8) is 0 Å². The first-order valence-corrected chi connectivity index (χ1v) is 10.5. The highest BCUT2D eigenvalue weighted by atomic mass is 16.1. The zero-order chi connectivity index (χ0) is 19.4. The Morgan fingerprint density at radius 1 is 0.778 bits per heavy atom. The molecular weight excluding hydrogens is 330 g/mol. The van der Waals surface area contributed by atoms with E-state index in [-0.39, 0.29) is 5.91 Å². The minimum absolute atomic E-state index is 0.144. The van der Waals surface area contributed by atoms with E-state index in [2.05, 4.69) is 69.4 Å². The maximum Gasteiger partial charge on any atom is 0.224 e. The molecule has 0 spiro atoms. The second-order valence-electron chi connectivity index (χ2n) is 8.44. The van der Waals surface area contributed by atoms with E-state index in [1.165, 1.54) is 42.4 Å². The van der Waals surface area contributed by atoms with Crippen molar-refractivity contribution in [2.45, 2.75) is 78.2 Å². The predicted molar refractivity (Wildman–Crippen MR) is 113 cm³/mol. The number of aryl methyl sites for hydroxylation is 1. The Hall–Kier alpha value is -2.09. The lowest BCUT2D eigenvalue weighted by atomic mass is 9.85. The predicted octanol–water partition coefficient (Wildman–Crippen LogP) is 5.67. The molecule has 4 rings (SSSR count). The molecule has 144 valence electrons. The van der Waals surface area contributed by atoms with Crippen LogP contribution in [0.2, 0.25) is 0 Å². The van der Waals surface area contributed by atoms with Gasteiger partial charge in [0.25, 0.3) is 0 Å². The van der Waals surface area contributed by atoms with Crippen molar-refractivity contribution in [1.82, 2.24) is 5.32 Å². The summed E-state index contributed by atoms with van der Waals surface area (Å²) < 4.78 is 0. The summed E-state index contributed by atoms with van der Waals surface area (Å²) in [6.45, 7) is 9.62. The summed E-state index contributed by atoms with van der Waals surface area (Å²) in [7, 11) is 0. The van der Waals surface area contributed by atoms with Gasteiger partial charge >= 0.3 is 0 Å². The van der Waals surface area contributed by atoms with E-state index in [1.54, 1.807) is 16.7 Å². The van der Waals surface area contributed by atoms with Gasteiger partial charge in [-0.3, -0.25) is 4.79 Å². The molecule has 2 heteroatoms. The molecule has 0 saturated carbocycles. The summed E-state index contributed by atoms with van der Waals surface area (Å²) in [5.74, 6) is 1.33. The number of carbonyl (C=O) groups is 1. The van der Waals surface area contributed by atoms with Crippen LogP contribution in [0.15, 0.2) is 36.4 Å². The van der Waals surface area contributed by atoms with Gasteiger partial charge in [-0.05, 0) is 70.9 Å². The van der Waals surface area contributed by atoms with Crippen LogP contribution < -0.4 is 5.32 Å². The smallest absolute Gasteiger partial charge is 0.224 e. The summed E-state index contributed by atoms with van der Waals surface area (Å²) in [4.78, 5) is 11.3. The maximum atomic E-state index is 11.3. The third-order valence-corrected chi connectivity index (χ3v) is 5.80. The van der Waals surface area contributed by atoms with Crippen LogP contribution in [0, 0.1) is 0 Å². The second-order valence-corrected chi connectivity index (χ2v) is 8.44. The van der Waals surface area contributed by atoms with Crippen LogP contribution in [-0.2, 0) is 30.6 Å². The number of hydrogen-bond donors (Lipinski definition) is 1. The number of carbonyl (C=O) groups excluding carboxylic acids is 1. The minimum Gasteiger partial charge on any atom is -0.352 e. The average Bonchev–Trinajstić information content (AvgIpc) is 2.67. The van der Waals surface area contributed by atoms with Crippen molar-refractivity contribution in [2.75, 3.05) is 0 Å². The van der Waals surface area contributed by atoms with Crippen LogP contribution in [0.5, 0.6) is 0 Å². The molecule has 0 radical (unpaired) electrons. The number of rotatable bonds is 2. The number of benzene rings is 2. The van der Waals surface area contributed by atoms with Gasteiger partial charge in [-0.2, -0.15) is 0 Å². The van der Waals surface area contributed by atoms with Crippen molar-refractivity contribution in [3.05, 3.63) is 69.8 Å². The zero-order valence-corrected chi connectivity index (χ0v) is 17.3. The van der Waals surface area contributed by atoms with E-state index in [0.29, 0.717) is 24.8 Å². The van der Waals surface area contributed by atoms with Gasteiger partial charge in [0.05, 0.1) is 6.42 Å². The molecule has 27 heavy (non-hydrogen) atoms. The summed E-state index contributed by atoms with van der Waals surface area (Å²) in [5.41, 5.74) is 8.68. The Balaban J connectivity index is 0.000000156. The van der Waals surface area contributed by atoms with Crippen molar-refractivity contribution < 1.29 is 4.79 Å². The van der Waals surface area contributed by atoms with E-state index >= 15 is 0 Å². The molecule has 0 aromatic heterocycles. The van der Waals surface area contributed by atoms with Crippen molar-refractivity contribution >= 4 is 5.91 Å². The lowest BCUT2D eigenvalue weighted by Crippen LogP contribution is -2.31. The van der Waals surface area contributed by atoms with Crippen molar-refractivity contribution in [1.29, 1.82) is 0 Å². The first-order chi connectivity index (χ1) is 13.0. The molecule has 1 aliphatic carbocycles. The largest absolute Gasteiger partial charge is 0.352 e. The number of fused-ring (bicyclic) bond motifs is 2. The molecule has 0 atom stereocenters. The fourth-order valence-electron chi connectivity index (χ4n) is 4.35. The molecule has 0 saturated heterocycles. The third-order valence-electron chi connectivity index (χ3n) is 5.80. The number of hydrogen-bond acceptors (Lipinski definition) is 1. The molecule has 2 aromatic carbocycles. The zero-order valence-electron chi connectivity index (χ0n) is 17.3. The van der Waals surface area contributed by atoms with Gasteiger partial charge in [0, 0.05) is 6.54 Å². The molecular formula is C25H33NO. The standard InChI is InChI=1S/C13H18.C12H15NO/c1-10(2)12-9-5-7-11-6-3-4-8-13(11)12;1-8(2)10-5-3-4-9-7-13-12(14)6-11(9)10/h5,7,9-10H,3-4,6,8H2,1-2H3;3-5,8H,6-7H2,1-2H3,(H,13,14). The Morgan fingerprint density at radius 3 is 2.04 bits per heavy atom. The third kappa shape index (κ3) is 4.61. The van der Waals surface area contributed by atoms with Crippen LogP contribution in [0.3, 0.4) is 0 Å². The topological polar surface area (TPSA) is 29.1 Å². The molecule has 0 unspecified atom stereocenters. The van der Waals surface area contributed by atoms with Crippen LogP contribution in [0.25, 0.3) is 0 Å². The molecule has 1 aliphatic heterocycles. The van der Waals surface area contributed by atoms with Crippen LogP contribution in [0.1, 0.15) is 85.8 Å². The number of amides is 1. The van der Waals surface area contributed by atoms with Gasteiger partial charge in [0.2, 0.25) is 5.91 Å². The minimum atomic E-state index is 0.144. The first-order valence-electron chi connectivity index (χ1n) is 10.5. The average molecular weight is 364 g/mol. The van der Waals surface area contributed by atoms with E-state index in [1.807, 2.05) is 0 Å². The molecule has 1 N–H and O–H groups in total. The van der Waals surface area contributed by atoms with Gasteiger partial charge in [-0.1, -0.05) is 64.1 Å². The Bertz CT molecular complexity index is 804. The van der Waals surface area contributed by atoms with Crippen LogP contribution in [0.4, 0.5) is 0 Å². The Morgan fingerprint density at radius 2 is 1.37 bits per heavy atom. The summed E-state index contributed by atoms with van der Waals surface area (Å²) in [6, 6.07) is 13.1. The highest BCUT2D eigenvalue weighted by molar-refractivity contribution is 5.81. The van der Waals surface area contributed by atoms with Gasteiger partial charge in [0.1, 0.15) is 0 Å². The van der Waals surface area contributed by atoms with Gasteiger partial charge in [-0.15, -0.1) is 0 Å². The Labute approximate surface area is 164 Å². The van der Waals surface area contributed by atoms with E-state index in [0.717, 1.165) is 0 Å². The molecule has 2 nitrogen and oxygen atoms in total. The highest BCUT2D eigenvalue weighted by Gasteiger charge is 2.18. The second kappa shape index (κ2) is 8.73. The summed E-state index contributed by atoms with van der Waals surface area (Å²) in [5, 5.41) is 2.87. The summed E-state index contributed by atoms with van der Waals surface area (Å²) >= 11 is 0. The molecule has 1 heterocycles. The quantitative estimate of drug-likeness (QED) is 0.731. The molecule has 2 aromatic rings. The summed E-state index contributed by atoms with van der Waals surface area (Å²) in [6.07, 6.45) is 5.93. The van der Waals surface area contributed by atoms with Gasteiger partial charge < -0.3 is 5.32 Å². The molecule has 0 bridgehead atoms. The van der Waals surface area contributed by atoms with E-state index in [9.17, 15) is 4.79 Å². The van der Waals surface area contributed by atoms with E-state index < -0.39 is 0 Å². The van der Waals surface area contributed by atoms with Gasteiger partial charge in [0.15, 0.2) is 0 Å².